The first-order valence-corrected chi connectivity index (χ1v) is 7.89. The summed E-state index contributed by atoms with van der Waals surface area (Å²) in [6.07, 6.45) is 8.20. The minimum atomic E-state index is 0.809. The smallest absolute Gasteiger partial charge is 0.0233 e. The van der Waals surface area contributed by atoms with E-state index in [1.807, 2.05) is 6.08 Å². The molecule has 0 spiro atoms. The van der Waals surface area contributed by atoms with Crippen molar-refractivity contribution in [2.45, 2.75) is 44.7 Å². The molecule has 2 rings (SSSR count). The van der Waals surface area contributed by atoms with Gasteiger partial charge in [-0.2, -0.15) is 0 Å². The van der Waals surface area contributed by atoms with Crippen LogP contribution in [0.15, 0.2) is 36.9 Å². The topological polar surface area (TPSA) is 15.3 Å². The first-order valence-electron chi connectivity index (χ1n) is 7.89. The average Bonchev–Trinajstić information content (AvgIpc) is 3.25. The molecule has 1 aromatic rings. The van der Waals surface area contributed by atoms with Crippen molar-refractivity contribution in [2.75, 3.05) is 20.1 Å². The van der Waals surface area contributed by atoms with E-state index in [4.69, 9.17) is 0 Å². The molecule has 1 fully saturated rings. The van der Waals surface area contributed by atoms with Crippen molar-refractivity contribution in [3.63, 3.8) is 0 Å². The van der Waals surface area contributed by atoms with Gasteiger partial charge >= 0.3 is 0 Å². The molecule has 1 saturated carbocycles. The summed E-state index contributed by atoms with van der Waals surface area (Å²) >= 11 is 0. The van der Waals surface area contributed by atoms with Crippen LogP contribution in [0.2, 0.25) is 0 Å². The van der Waals surface area contributed by atoms with Gasteiger partial charge in [-0.25, -0.2) is 0 Å². The van der Waals surface area contributed by atoms with Gasteiger partial charge in [0.25, 0.3) is 0 Å². The van der Waals surface area contributed by atoms with Gasteiger partial charge < -0.3 is 10.2 Å². The SMILES string of the molecule is C=CCCCN(C)Cc1ccccc1CCNC1CC1. The van der Waals surface area contributed by atoms with Crippen LogP contribution in [0, 0.1) is 0 Å². The highest BCUT2D eigenvalue weighted by Gasteiger charge is 2.19. The lowest BCUT2D eigenvalue weighted by atomic mass is 10.0. The van der Waals surface area contributed by atoms with Crippen molar-refractivity contribution in [1.82, 2.24) is 10.2 Å². The Morgan fingerprint density at radius 3 is 2.75 bits per heavy atom. The van der Waals surface area contributed by atoms with Crippen LogP contribution in [0.25, 0.3) is 0 Å². The van der Waals surface area contributed by atoms with Crippen molar-refractivity contribution in [2.24, 2.45) is 0 Å². The predicted molar refractivity (Wildman–Crippen MR) is 86.9 cm³/mol. The van der Waals surface area contributed by atoms with Gasteiger partial charge in [0, 0.05) is 12.6 Å². The van der Waals surface area contributed by atoms with Gasteiger partial charge in [0.2, 0.25) is 0 Å². The van der Waals surface area contributed by atoms with Crippen LogP contribution in [0.5, 0.6) is 0 Å². The Balaban J connectivity index is 1.80. The predicted octanol–water partition coefficient (Wildman–Crippen LogP) is 3.38. The molecule has 0 bridgehead atoms. The third kappa shape index (κ3) is 5.48. The number of hydrogen-bond acceptors (Lipinski definition) is 2. The highest BCUT2D eigenvalue weighted by Crippen LogP contribution is 2.19. The minimum absolute atomic E-state index is 0.809. The van der Waals surface area contributed by atoms with E-state index >= 15 is 0 Å². The second-order valence-electron chi connectivity index (χ2n) is 5.92. The lowest BCUT2D eigenvalue weighted by molar-refractivity contribution is 0.322. The molecule has 0 unspecified atom stereocenters. The molecule has 0 atom stereocenters. The van der Waals surface area contributed by atoms with Crippen LogP contribution in [0.1, 0.15) is 36.8 Å². The summed E-state index contributed by atoms with van der Waals surface area (Å²) in [5.74, 6) is 0. The molecule has 110 valence electrons. The van der Waals surface area contributed by atoms with Crippen LogP contribution >= 0.6 is 0 Å². The molecule has 20 heavy (non-hydrogen) atoms. The second kappa shape index (κ2) is 8.23. The zero-order chi connectivity index (χ0) is 14.2. The van der Waals surface area contributed by atoms with Gasteiger partial charge in [-0.1, -0.05) is 30.3 Å². The molecule has 1 aliphatic carbocycles. The molecule has 1 aliphatic rings. The van der Waals surface area contributed by atoms with Gasteiger partial charge in [-0.3, -0.25) is 0 Å². The Kier molecular flexibility index (Phi) is 6.28. The quantitative estimate of drug-likeness (QED) is 0.519. The van der Waals surface area contributed by atoms with E-state index in [0.29, 0.717) is 0 Å². The highest BCUT2D eigenvalue weighted by atomic mass is 15.1. The Bertz CT molecular complexity index is 410. The molecule has 0 heterocycles. The Hall–Kier alpha value is -1.12. The molecule has 0 aromatic heterocycles. The summed E-state index contributed by atoms with van der Waals surface area (Å²) in [4.78, 5) is 2.41. The molecule has 1 aromatic carbocycles. The van der Waals surface area contributed by atoms with E-state index in [-0.39, 0.29) is 0 Å². The van der Waals surface area contributed by atoms with Crippen LogP contribution in [-0.4, -0.2) is 31.1 Å². The number of nitrogens with zero attached hydrogens (tertiary/aromatic N) is 1. The molecular weight excluding hydrogens is 244 g/mol. The van der Waals surface area contributed by atoms with Gasteiger partial charge in [0.05, 0.1) is 0 Å². The molecule has 0 saturated heterocycles. The zero-order valence-electron chi connectivity index (χ0n) is 12.8. The number of rotatable bonds is 10. The van der Waals surface area contributed by atoms with Gasteiger partial charge in [0.15, 0.2) is 0 Å². The van der Waals surface area contributed by atoms with Crippen molar-refractivity contribution >= 4 is 0 Å². The van der Waals surface area contributed by atoms with Gasteiger partial charge in [-0.05, 0) is 63.4 Å². The molecule has 0 radical (unpaired) electrons. The van der Waals surface area contributed by atoms with E-state index < -0.39 is 0 Å². The number of allylic oxidation sites excluding steroid dienone is 1. The fourth-order valence-electron chi connectivity index (χ4n) is 2.53. The zero-order valence-corrected chi connectivity index (χ0v) is 12.8. The molecule has 2 nitrogen and oxygen atoms in total. The summed E-state index contributed by atoms with van der Waals surface area (Å²) in [5, 5.41) is 3.60. The number of hydrogen-bond donors (Lipinski definition) is 1. The maximum Gasteiger partial charge on any atom is 0.0233 e. The Morgan fingerprint density at radius 1 is 1.30 bits per heavy atom. The van der Waals surface area contributed by atoms with Gasteiger partial charge in [0.1, 0.15) is 0 Å². The fourth-order valence-corrected chi connectivity index (χ4v) is 2.53. The molecule has 2 heteroatoms. The van der Waals surface area contributed by atoms with Gasteiger partial charge in [-0.15, -0.1) is 6.58 Å². The summed E-state index contributed by atoms with van der Waals surface area (Å²) in [6.45, 7) is 7.09. The largest absolute Gasteiger partial charge is 0.314 e. The lowest BCUT2D eigenvalue weighted by Crippen LogP contribution is -2.22. The van der Waals surface area contributed by atoms with Crippen LogP contribution < -0.4 is 5.32 Å². The maximum absolute atomic E-state index is 3.78. The van der Waals surface area contributed by atoms with E-state index in [1.54, 1.807) is 0 Å². The lowest BCUT2D eigenvalue weighted by Gasteiger charge is -2.18. The monoisotopic (exact) mass is 272 g/mol. The Morgan fingerprint density at radius 2 is 2.05 bits per heavy atom. The first kappa shape index (κ1) is 15.3. The molecule has 1 N–H and O–H groups in total. The first-order chi connectivity index (χ1) is 9.79. The summed E-state index contributed by atoms with van der Waals surface area (Å²) in [6, 6.07) is 9.68. The van der Waals surface area contributed by atoms with Crippen molar-refractivity contribution in [3.05, 3.63) is 48.0 Å². The van der Waals surface area contributed by atoms with Crippen LogP contribution in [0.3, 0.4) is 0 Å². The third-order valence-electron chi connectivity index (χ3n) is 3.91. The van der Waals surface area contributed by atoms with Crippen molar-refractivity contribution < 1.29 is 0 Å². The van der Waals surface area contributed by atoms with E-state index in [1.165, 1.54) is 30.4 Å². The highest BCUT2D eigenvalue weighted by molar-refractivity contribution is 5.27. The van der Waals surface area contributed by atoms with Crippen molar-refractivity contribution in [3.8, 4) is 0 Å². The van der Waals surface area contributed by atoms with Crippen molar-refractivity contribution in [1.29, 1.82) is 0 Å². The second-order valence-corrected chi connectivity index (χ2v) is 5.92. The van der Waals surface area contributed by atoms with E-state index in [2.05, 4.69) is 48.1 Å². The maximum atomic E-state index is 3.78. The standard InChI is InChI=1S/C18H28N2/c1-3-4-7-14-20(2)15-17-9-6-5-8-16(17)12-13-19-18-10-11-18/h3,5-6,8-9,18-19H,1,4,7,10-15H2,2H3. The molecular formula is C18H28N2. The summed E-state index contributed by atoms with van der Waals surface area (Å²) < 4.78 is 0. The molecule has 0 amide bonds. The normalized spacial score (nSPS) is 14.7. The number of benzene rings is 1. The molecule has 0 aliphatic heterocycles. The van der Waals surface area contributed by atoms with Crippen LogP contribution in [0.4, 0.5) is 0 Å². The number of unbranched alkanes of at least 4 members (excludes halogenated alkanes) is 1. The Labute approximate surface area is 123 Å². The van der Waals surface area contributed by atoms with E-state index in [0.717, 1.165) is 38.5 Å². The summed E-state index contributed by atoms with van der Waals surface area (Å²) in [5.41, 5.74) is 2.97. The van der Waals surface area contributed by atoms with E-state index in [9.17, 15) is 0 Å². The fraction of sp³-hybridized carbons (Fsp3) is 0.556. The minimum Gasteiger partial charge on any atom is -0.314 e. The van der Waals surface area contributed by atoms with Crippen LogP contribution in [-0.2, 0) is 13.0 Å². The summed E-state index contributed by atoms with van der Waals surface area (Å²) in [7, 11) is 2.21. The number of nitrogens with one attached hydrogen (secondary N) is 1. The third-order valence-corrected chi connectivity index (χ3v) is 3.91. The average molecular weight is 272 g/mol.